The SMILES string of the molecule is CC(C)(C)CC(=O)NCCCC[C@H]1CC(=O)N(CC(=O)NCC2CCC(F)(F)CC2)CC(=O)NCc2ccccc2CC(=O)N1. The summed E-state index contributed by atoms with van der Waals surface area (Å²) in [7, 11) is 0. The summed E-state index contributed by atoms with van der Waals surface area (Å²) < 4.78 is 27.0. The second kappa shape index (κ2) is 16.7. The van der Waals surface area contributed by atoms with Crippen molar-refractivity contribution in [1.29, 1.82) is 0 Å². The van der Waals surface area contributed by atoms with Gasteiger partial charge in [0.1, 0.15) is 13.1 Å². The van der Waals surface area contributed by atoms with Gasteiger partial charge < -0.3 is 26.2 Å². The van der Waals surface area contributed by atoms with Gasteiger partial charge in [-0.1, -0.05) is 45.0 Å². The van der Waals surface area contributed by atoms with Crippen molar-refractivity contribution in [3.63, 3.8) is 0 Å². The van der Waals surface area contributed by atoms with Gasteiger partial charge in [-0.3, -0.25) is 24.0 Å². The van der Waals surface area contributed by atoms with Gasteiger partial charge in [-0.05, 0) is 54.6 Å². The monoisotopic (exact) mass is 633 g/mol. The van der Waals surface area contributed by atoms with Crippen LogP contribution < -0.4 is 21.3 Å². The summed E-state index contributed by atoms with van der Waals surface area (Å²) in [6.45, 7) is 6.13. The van der Waals surface area contributed by atoms with Crippen molar-refractivity contribution in [3.8, 4) is 0 Å². The van der Waals surface area contributed by atoms with Crippen LogP contribution in [0, 0.1) is 11.3 Å². The highest BCUT2D eigenvalue weighted by molar-refractivity contribution is 5.90. The Morgan fingerprint density at radius 1 is 0.978 bits per heavy atom. The largest absolute Gasteiger partial charge is 0.356 e. The van der Waals surface area contributed by atoms with Gasteiger partial charge in [-0.15, -0.1) is 0 Å². The summed E-state index contributed by atoms with van der Waals surface area (Å²) in [4.78, 5) is 65.7. The number of fused-ring (bicyclic) bond motifs is 1. The van der Waals surface area contributed by atoms with Crippen molar-refractivity contribution in [2.45, 2.75) is 103 Å². The van der Waals surface area contributed by atoms with Gasteiger partial charge in [-0.2, -0.15) is 0 Å². The fourth-order valence-electron chi connectivity index (χ4n) is 5.65. The average Bonchev–Trinajstić information content (AvgIpc) is 2.94. The van der Waals surface area contributed by atoms with Crippen LogP contribution in [0.5, 0.6) is 0 Å². The quantitative estimate of drug-likeness (QED) is 0.294. The molecule has 250 valence electrons. The summed E-state index contributed by atoms with van der Waals surface area (Å²) in [5.41, 5.74) is 1.42. The maximum atomic E-state index is 13.5. The summed E-state index contributed by atoms with van der Waals surface area (Å²) in [6.07, 6.45) is 2.33. The van der Waals surface area contributed by atoms with Crippen molar-refractivity contribution in [1.82, 2.24) is 26.2 Å². The lowest BCUT2D eigenvalue weighted by Crippen LogP contribution is -2.48. The Morgan fingerprint density at radius 3 is 2.36 bits per heavy atom. The van der Waals surface area contributed by atoms with Gasteiger partial charge in [0.05, 0.1) is 6.42 Å². The molecule has 5 amide bonds. The molecule has 1 fully saturated rings. The summed E-state index contributed by atoms with van der Waals surface area (Å²) in [5.74, 6) is -4.40. The number of hydrogen-bond donors (Lipinski definition) is 4. The third kappa shape index (κ3) is 13.5. The molecule has 1 atom stereocenters. The van der Waals surface area contributed by atoms with E-state index in [2.05, 4.69) is 21.3 Å². The molecule has 1 aromatic rings. The number of halogens is 2. The maximum Gasteiger partial charge on any atom is 0.248 e. The molecular weight excluding hydrogens is 584 g/mol. The molecule has 4 N–H and O–H groups in total. The minimum absolute atomic E-state index is 0.0275. The number of unbranched alkanes of at least 4 members (excludes halogenated alkanes) is 1. The van der Waals surface area contributed by atoms with Gasteiger partial charge in [0.15, 0.2) is 0 Å². The first-order chi connectivity index (χ1) is 21.2. The lowest BCUT2D eigenvalue weighted by Gasteiger charge is -2.29. The zero-order chi connectivity index (χ0) is 33.0. The number of benzene rings is 1. The Hall–Kier alpha value is -3.57. The molecule has 12 heteroatoms. The molecule has 45 heavy (non-hydrogen) atoms. The predicted molar refractivity (Wildman–Crippen MR) is 166 cm³/mol. The molecule has 2 aliphatic rings. The fourth-order valence-corrected chi connectivity index (χ4v) is 5.65. The molecule has 0 bridgehead atoms. The van der Waals surface area contributed by atoms with E-state index in [-0.39, 0.29) is 75.0 Å². The van der Waals surface area contributed by atoms with E-state index in [9.17, 15) is 32.8 Å². The number of hydrogen-bond acceptors (Lipinski definition) is 5. The molecule has 0 saturated heterocycles. The first-order valence-electron chi connectivity index (χ1n) is 16.0. The molecule has 1 aliphatic carbocycles. The molecule has 0 aromatic heterocycles. The van der Waals surface area contributed by atoms with Gasteiger partial charge in [0.25, 0.3) is 0 Å². The number of carbonyl (C=O) groups excluding carboxylic acids is 5. The number of nitrogens with one attached hydrogen (secondary N) is 4. The number of rotatable bonds is 10. The van der Waals surface area contributed by atoms with E-state index in [4.69, 9.17) is 0 Å². The zero-order valence-electron chi connectivity index (χ0n) is 26.8. The average molecular weight is 634 g/mol. The maximum absolute atomic E-state index is 13.5. The van der Waals surface area contributed by atoms with E-state index >= 15 is 0 Å². The Morgan fingerprint density at radius 2 is 1.67 bits per heavy atom. The highest BCUT2D eigenvalue weighted by atomic mass is 19.3. The second-order valence-electron chi connectivity index (χ2n) is 13.6. The summed E-state index contributed by atoms with van der Waals surface area (Å²) >= 11 is 0. The van der Waals surface area contributed by atoms with Crippen LogP contribution >= 0.6 is 0 Å². The normalized spacial score (nSPS) is 20.1. The first-order valence-corrected chi connectivity index (χ1v) is 16.0. The predicted octanol–water partition coefficient (Wildman–Crippen LogP) is 3.23. The number of amides is 5. The Labute approximate surface area is 264 Å². The highest BCUT2D eigenvalue weighted by Crippen LogP contribution is 2.35. The van der Waals surface area contributed by atoms with Crippen LogP contribution in [0.1, 0.15) is 89.7 Å². The van der Waals surface area contributed by atoms with Crippen LogP contribution in [0.15, 0.2) is 24.3 Å². The summed E-state index contributed by atoms with van der Waals surface area (Å²) in [6, 6.07) is 6.75. The third-order valence-electron chi connectivity index (χ3n) is 8.17. The Bertz CT molecular complexity index is 1190. The minimum atomic E-state index is -2.66. The fraction of sp³-hybridized carbons (Fsp3) is 0.667. The minimum Gasteiger partial charge on any atom is -0.356 e. The van der Waals surface area contributed by atoms with Gasteiger partial charge in [0.2, 0.25) is 35.5 Å². The molecule has 1 heterocycles. The first kappa shape index (κ1) is 35.9. The second-order valence-corrected chi connectivity index (χ2v) is 13.6. The highest BCUT2D eigenvalue weighted by Gasteiger charge is 2.35. The molecule has 1 saturated carbocycles. The standard InChI is InChI=1S/C33H49F2N5O5/c1-32(2,3)18-28(42)36-15-7-6-10-26-17-31(45)40(21-29(43)37-19-23-11-13-33(34,35)14-12-23)22-30(44)38-20-25-9-5-4-8-24(25)16-27(41)39-26/h4-5,8-9,23,26H,6-7,10-22H2,1-3H3,(H,36,42)(H,37,43)(H,38,44)(H,39,41)/t26-/m0/s1. The zero-order valence-corrected chi connectivity index (χ0v) is 26.8. The molecule has 0 radical (unpaired) electrons. The molecule has 0 spiro atoms. The van der Waals surface area contributed by atoms with Crippen molar-refractivity contribution >= 4 is 29.5 Å². The lowest BCUT2D eigenvalue weighted by atomic mass is 9.87. The number of carbonyl (C=O) groups is 5. The van der Waals surface area contributed by atoms with Crippen molar-refractivity contribution in [3.05, 3.63) is 35.4 Å². The van der Waals surface area contributed by atoms with Crippen molar-refractivity contribution in [2.24, 2.45) is 11.3 Å². The molecule has 1 aliphatic heterocycles. The van der Waals surface area contributed by atoms with Crippen LogP contribution in [-0.4, -0.2) is 72.6 Å². The molecule has 10 nitrogen and oxygen atoms in total. The van der Waals surface area contributed by atoms with E-state index in [1.54, 1.807) is 0 Å². The molecule has 0 unspecified atom stereocenters. The Balaban J connectivity index is 1.65. The van der Waals surface area contributed by atoms with E-state index < -0.39 is 29.7 Å². The van der Waals surface area contributed by atoms with Crippen LogP contribution in [0.3, 0.4) is 0 Å². The van der Waals surface area contributed by atoms with Gasteiger partial charge >= 0.3 is 0 Å². The summed E-state index contributed by atoms with van der Waals surface area (Å²) in [5, 5.41) is 11.4. The molecule has 3 rings (SSSR count). The number of nitrogens with zero attached hydrogens (tertiary/aromatic N) is 1. The van der Waals surface area contributed by atoms with Crippen molar-refractivity contribution < 1.29 is 32.8 Å². The number of alkyl halides is 2. The van der Waals surface area contributed by atoms with Crippen LogP contribution in [0.4, 0.5) is 8.78 Å². The smallest absolute Gasteiger partial charge is 0.248 e. The molecular formula is C33H49F2N5O5. The lowest BCUT2D eigenvalue weighted by molar-refractivity contribution is -0.140. The van der Waals surface area contributed by atoms with Crippen LogP contribution in [0.25, 0.3) is 0 Å². The Kier molecular flexibility index (Phi) is 13.3. The van der Waals surface area contributed by atoms with E-state index in [0.29, 0.717) is 45.1 Å². The van der Waals surface area contributed by atoms with E-state index in [0.717, 1.165) is 11.1 Å². The van der Waals surface area contributed by atoms with E-state index in [1.165, 1.54) is 4.90 Å². The topological polar surface area (TPSA) is 137 Å². The van der Waals surface area contributed by atoms with Gasteiger partial charge in [0, 0.05) is 51.4 Å². The van der Waals surface area contributed by atoms with Crippen LogP contribution in [-0.2, 0) is 36.9 Å². The van der Waals surface area contributed by atoms with Crippen molar-refractivity contribution in [2.75, 3.05) is 26.2 Å². The molecule has 1 aromatic carbocycles. The van der Waals surface area contributed by atoms with Gasteiger partial charge in [-0.25, -0.2) is 8.78 Å². The van der Waals surface area contributed by atoms with Crippen LogP contribution in [0.2, 0.25) is 0 Å². The third-order valence-corrected chi connectivity index (χ3v) is 8.17. The van der Waals surface area contributed by atoms with E-state index in [1.807, 2.05) is 45.0 Å².